The lowest BCUT2D eigenvalue weighted by molar-refractivity contribution is -0.122. The zero-order valence-corrected chi connectivity index (χ0v) is 12.6. The molecule has 0 aliphatic carbocycles. The normalized spacial score (nSPS) is 11.7. The topological polar surface area (TPSA) is 69.0 Å². The van der Waals surface area contributed by atoms with E-state index in [1.807, 2.05) is 30.3 Å². The van der Waals surface area contributed by atoms with Crippen LogP contribution in [0.4, 0.5) is 5.69 Å². The van der Waals surface area contributed by atoms with Crippen molar-refractivity contribution in [1.82, 2.24) is 14.8 Å². The summed E-state index contributed by atoms with van der Waals surface area (Å²) in [5.41, 5.74) is 0.574. The SMILES string of the molecule is C[C@@H](Oc1ccccc1)C(=O)Nc1cccnc1-n1cccn1. The van der Waals surface area contributed by atoms with Crippen molar-refractivity contribution in [2.24, 2.45) is 0 Å². The van der Waals surface area contributed by atoms with Gasteiger partial charge >= 0.3 is 0 Å². The van der Waals surface area contributed by atoms with Gasteiger partial charge in [-0.05, 0) is 37.3 Å². The number of carbonyl (C=O) groups is 1. The molecule has 2 heterocycles. The van der Waals surface area contributed by atoms with Gasteiger partial charge in [-0.15, -0.1) is 0 Å². The summed E-state index contributed by atoms with van der Waals surface area (Å²) in [4.78, 5) is 16.6. The molecule has 3 rings (SSSR count). The molecular weight excluding hydrogens is 292 g/mol. The Morgan fingerprint density at radius 1 is 1.13 bits per heavy atom. The van der Waals surface area contributed by atoms with Crippen molar-refractivity contribution in [2.75, 3.05) is 5.32 Å². The Morgan fingerprint density at radius 2 is 1.96 bits per heavy atom. The number of rotatable bonds is 5. The van der Waals surface area contributed by atoms with Crippen molar-refractivity contribution < 1.29 is 9.53 Å². The molecule has 0 aliphatic rings. The number of ether oxygens (including phenoxy) is 1. The number of para-hydroxylation sites is 1. The van der Waals surface area contributed by atoms with Gasteiger partial charge in [0.05, 0.1) is 5.69 Å². The van der Waals surface area contributed by atoms with Crippen LogP contribution >= 0.6 is 0 Å². The molecule has 0 unspecified atom stereocenters. The molecular formula is C17H16N4O2. The van der Waals surface area contributed by atoms with E-state index in [1.54, 1.807) is 48.4 Å². The molecule has 1 aromatic carbocycles. The molecule has 2 aromatic heterocycles. The number of nitrogens with zero attached hydrogens (tertiary/aromatic N) is 3. The number of hydrogen-bond acceptors (Lipinski definition) is 4. The van der Waals surface area contributed by atoms with Gasteiger partial charge in [-0.2, -0.15) is 5.10 Å². The highest BCUT2D eigenvalue weighted by Gasteiger charge is 2.17. The van der Waals surface area contributed by atoms with E-state index >= 15 is 0 Å². The number of anilines is 1. The van der Waals surface area contributed by atoms with Gasteiger partial charge in [0, 0.05) is 18.6 Å². The Bertz CT molecular complexity index is 772. The molecule has 0 fully saturated rings. The first-order valence-electron chi connectivity index (χ1n) is 7.21. The lowest BCUT2D eigenvalue weighted by atomic mass is 10.3. The Kier molecular flexibility index (Phi) is 4.33. The Labute approximate surface area is 133 Å². The minimum absolute atomic E-state index is 0.254. The maximum absolute atomic E-state index is 12.3. The number of carbonyl (C=O) groups excluding carboxylic acids is 1. The lowest BCUT2D eigenvalue weighted by Crippen LogP contribution is -2.30. The summed E-state index contributed by atoms with van der Waals surface area (Å²) >= 11 is 0. The number of amides is 1. The van der Waals surface area contributed by atoms with Gasteiger partial charge in [0.2, 0.25) is 0 Å². The summed E-state index contributed by atoms with van der Waals surface area (Å²) in [6.45, 7) is 1.70. The molecule has 0 spiro atoms. The molecule has 1 amide bonds. The van der Waals surface area contributed by atoms with Gasteiger partial charge < -0.3 is 10.1 Å². The van der Waals surface area contributed by atoms with Crippen molar-refractivity contribution in [1.29, 1.82) is 0 Å². The molecule has 1 atom stereocenters. The number of nitrogens with one attached hydrogen (secondary N) is 1. The second-order valence-corrected chi connectivity index (χ2v) is 4.89. The van der Waals surface area contributed by atoms with Crippen LogP contribution in [0.5, 0.6) is 5.75 Å². The smallest absolute Gasteiger partial charge is 0.265 e. The fourth-order valence-electron chi connectivity index (χ4n) is 2.06. The van der Waals surface area contributed by atoms with Crippen LogP contribution in [0, 0.1) is 0 Å². The molecule has 0 saturated heterocycles. The predicted molar refractivity (Wildman–Crippen MR) is 86.5 cm³/mol. The zero-order valence-electron chi connectivity index (χ0n) is 12.6. The first-order valence-corrected chi connectivity index (χ1v) is 7.21. The van der Waals surface area contributed by atoms with Gasteiger partial charge in [-0.1, -0.05) is 18.2 Å². The summed E-state index contributed by atoms with van der Waals surface area (Å²) in [6, 6.07) is 14.5. The van der Waals surface area contributed by atoms with E-state index in [0.29, 0.717) is 17.3 Å². The Morgan fingerprint density at radius 3 is 2.70 bits per heavy atom. The largest absolute Gasteiger partial charge is 0.481 e. The number of benzene rings is 1. The van der Waals surface area contributed by atoms with Crippen LogP contribution in [-0.4, -0.2) is 26.8 Å². The van der Waals surface area contributed by atoms with Gasteiger partial charge in [-0.3, -0.25) is 4.79 Å². The van der Waals surface area contributed by atoms with Crippen molar-refractivity contribution in [2.45, 2.75) is 13.0 Å². The molecule has 0 aliphatic heterocycles. The minimum atomic E-state index is -0.636. The maximum Gasteiger partial charge on any atom is 0.265 e. The third-order valence-electron chi connectivity index (χ3n) is 3.19. The number of aromatic nitrogens is 3. The van der Waals surface area contributed by atoms with Crippen LogP contribution < -0.4 is 10.1 Å². The van der Waals surface area contributed by atoms with E-state index in [-0.39, 0.29) is 5.91 Å². The van der Waals surface area contributed by atoms with Crippen LogP contribution in [0.2, 0.25) is 0 Å². The number of hydrogen-bond donors (Lipinski definition) is 1. The average molecular weight is 308 g/mol. The Hall–Kier alpha value is -3.15. The van der Waals surface area contributed by atoms with E-state index in [1.165, 1.54) is 0 Å². The fourth-order valence-corrected chi connectivity index (χ4v) is 2.06. The quantitative estimate of drug-likeness (QED) is 0.787. The van der Waals surface area contributed by atoms with E-state index < -0.39 is 6.10 Å². The summed E-state index contributed by atoms with van der Waals surface area (Å²) in [5, 5.41) is 6.97. The molecule has 1 N–H and O–H groups in total. The van der Waals surface area contributed by atoms with Crippen molar-refractivity contribution in [3.63, 3.8) is 0 Å². The molecule has 6 nitrogen and oxygen atoms in total. The van der Waals surface area contributed by atoms with Gasteiger partial charge in [-0.25, -0.2) is 9.67 Å². The van der Waals surface area contributed by atoms with Crippen LogP contribution in [-0.2, 0) is 4.79 Å². The van der Waals surface area contributed by atoms with Crippen molar-refractivity contribution in [3.05, 3.63) is 67.1 Å². The highest BCUT2D eigenvalue weighted by molar-refractivity contribution is 5.95. The van der Waals surface area contributed by atoms with E-state index in [0.717, 1.165) is 0 Å². The van der Waals surface area contributed by atoms with E-state index in [4.69, 9.17) is 4.74 Å². The standard InChI is InChI=1S/C17H16N4O2/c1-13(23-14-7-3-2-4-8-14)17(22)20-15-9-5-10-18-16(15)21-12-6-11-19-21/h2-13H,1H3,(H,20,22)/t13-/m1/s1. The van der Waals surface area contributed by atoms with E-state index in [9.17, 15) is 4.79 Å². The van der Waals surface area contributed by atoms with Crippen molar-refractivity contribution >= 4 is 11.6 Å². The fraction of sp³-hybridized carbons (Fsp3) is 0.118. The molecule has 3 aromatic rings. The van der Waals surface area contributed by atoms with Crippen molar-refractivity contribution in [3.8, 4) is 11.6 Å². The third kappa shape index (κ3) is 3.55. The second-order valence-electron chi connectivity index (χ2n) is 4.89. The van der Waals surface area contributed by atoms with Gasteiger partial charge in [0.15, 0.2) is 11.9 Å². The third-order valence-corrected chi connectivity index (χ3v) is 3.19. The molecule has 0 radical (unpaired) electrons. The molecule has 6 heteroatoms. The predicted octanol–water partition coefficient (Wildman–Crippen LogP) is 2.67. The minimum Gasteiger partial charge on any atom is -0.481 e. The van der Waals surface area contributed by atoms with E-state index in [2.05, 4.69) is 15.4 Å². The highest BCUT2D eigenvalue weighted by atomic mass is 16.5. The zero-order chi connectivity index (χ0) is 16.1. The molecule has 0 bridgehead atoms. The highest BCUT2D eigenvalue weighted by Crippen LogP contribution is 2.17. The summed E-state index contributed by atoms with van der Waals surface area (Å²) < 4.78 is 7.22. The van der Waals surface area contributed by atoms with Crippen LogP contribution in [0.3, 0.4) is 0 Å². The monoisotopic (exact) mass is 308 g/mol. The average Bonchev–Trinajstić information content (AvgIpc) is 3.10. The van der Waals surface area contributed by atoms with Crippen LogP contribution in [0.25, 0.3) is 5.82 Å². The van der Waals surface area contributed by atoms with Gasteiger partial charge in [0.25, 0.3) is 5.91 Å². The maximum atomic E-state index is 12.3. The first kappa shape index (κ1) is 14.8. The molecule has 0 saturated carbocycles. The van der Waals surface area contributed by atoms with Gasteiger partial charge in [0.1, 0.15) is 5.75 Å². The molecule has 23 heavy (non-hydrogen) atoms. The van der Waals surface area contributed by atoms with Crippen LogP contribution in [0.1, 0.15) is 6.92 Å². The number of pyridine rings is 1. The Balaban J connectivity index is 1.73. The first-order chi connectivity index (χ1) is 11.2. The lowest BCUT2D eigenvalue weighted by Gasteiger charge is -2.16. The summed E-state index contributed by atoms with van der Waals surface area (Å²) in [7, 11) is 0. The summed E-state index contributed by atoms with van der Waals surface area (Å²) in [6.07, 6.45) is 4.43. The van der Waals surface area contributed by atoms with Crippen LogP contribution in [0.15, 0.2) is 67.1 Å². The molecule has 116 valence electrons. The summed E-state index contributed by atoms with van der Waals surface area (Å²) in [5.74, 6) is 0.946. The second kappa shape index (κ2) is 6.74.